The van der Waals surface area contributed by atoms with Crippen molar-refractivity contribution >= 4 is 5.71 Å². The lowest BCUT2D eigenvalue weighted by Gasteiger charge is -2.20. The van der Waals surface area contributed by atoms with Crippen LogP contribution < -0.4 is 42.9 Å². The lowest BCUT2D eigenvalue weighted by Crippen LogP contribution is -3.00. The largest absolute Gasteiger partial charge is 1.00 e. The second-order valence-corrected chi connectivity index (χ2v) is 9.49. The average Bonchev–Trinajstić information content (AvgIpc) is 2.97. The summed E-state index contributed by atoms with van der Waals surface area (Å²) in [7, 11) is 5.53. The summed E-state index contributed by atoms with van der Waals surface area (Å²) in [4.78, 5) is 0. The Morgan fingerprint density at radius 1 is 0.641 bits per heavy atom. The fourth-order valence-corrected chi connectivity index (χ4v) is 4.82. The maximum Gasteiger partial charge on any atom is 0.187 e. The molecule has 0 saturated heterocycles. The first-order valence-electron chi connectivity index (χ1n) is 12.9. The van der Waals surface area contributed by atoms with E-state index in [-0.39, 0.29) is 24.0 Å². The highest BCUT2D eigenvalue weighted by molar-refractivity contribution is 6.00. The van der Waals surface area contributed by atoms with E-state index in [1.807, 2.05) is 42.5 Å². The van der Waals surface area contributed by atoms with Crippen molar-refractivity contribution in [1.82, 2.24) is 0 Å². The van der Waals surface area contributed by atoms with Crippen LogP contribution in [0.2, 0.25) is 0 Å². The zero-order valence-corrected chi connectivity index (χ0v) is 24.8. The maximum absolute atomic E-state index is 6.19. The van der Waals surface area contributed by atoms with Gasteiger partial charge >= 0.3 is 0 Å². The number of hydrogen-bond donors (Lipinski definition) is 0. The predicted octanol–water partition coefficient (Wildman–Crippen LogP) is 3.10. The zero-order valence-electron chi connectivity index (χ0n) is 22.7. The fourth-order valence-electron chi connectivity index (χ4n) is 4.82. The molecule has 1 heterocycles. The number of rotatable bonds is 10. The maximum atomic E-state index is 6.19. The zero-order chi connectivity index (χ0) is 26.3. The first-order chi connectivity index (χ1) is 18.6. The van der Waals surface area contributed by atoms with E-state index in [9.17, 15) is 0 Å². The number of ether oxygens (including phenoxy) is 4. The summed E-state index contributed by atoms with van der Waals surface area (Å²) >= 11 is 0. The Balaban J connectivity index is 0.00000353. The van der Waals surface area contributed by atoms with Gasteiger partial charge in [0.15, 0.2) is 28.7 Å². The van der Waals surface area contributed by atoms with E-state index in [1.54, 1.807) is 14.2 Å². The minimum Gasteiger partial charge on any atom is -1.00 e. The summed E-state index contributed by atoms with van der Waals surface area (Å²) in [6.45, 7) is 1.94. The van der Waals surface area contributed by atoms with Crippen LogP contribution in [0.3, 0.4) is 0 Å². The molecule has 0 spiro atoms. The van der Waals surface area contributed by atoms with Gasteiger partial charge in [-0.05, 0) is 46.5 Å². The Kier molecular flexibility index (Phi) is 9.87. The summed E-state index contributed by atoms with van der Waals surface area (Å²) < 4.78 is 26.0. The van der Waals surface area contributed by atoms with E-state index in [2.05, 4.69) is 60.2 Å². The monoisotopic (exact) mass is 635 g/mol. The normalized spacial score (nSPS) is 12.3. The third kappa shape index (κ3) is 6.92. The number of halogens is 1. The van der Waals surface area contributed by atoms with Crippen molar-refractivity contribution in [3.63, 3.8) is 0 Å². The number of nitrogens with zero attached hydrogens (tertiary/aromatic N) is 1. The minimum absolute atomic E-state index is 0. The van der Waals surface area contributed by atoms with Crippen LogP contribution in [0, 0.1) is 0 Å². The van der Waals surface area contributed by atoms with E-state index in [4.69, 9.17) is 18.9 Å². The van der Waals surface area contributed by atoms with E-state index < -0.39 is 0 Å². The van der Waals surface area contributed by atoms with E-state index in [1.165, 1.54) is 16.8 Å². The summed E-state index contributed by atoms with van der Waals surface area (Å²) in [6.07, 6.45) is 1.72. The Morgan fingerprint density at radius 3 is 1.82 bits per heavy atom. The molecule has 1 aliphatic rings. The van der Waals surface area contributed by atoms with Gasteiger partial charge in [0, 0.05) is 12.0 Å². The summed E-state index contributed by atoms with van der Waals surface area (Å²) in [5.74, 6) is 3.00. The number of methoxy groups -OCH3 is 2. The molecule has 4 aromatic rings. The smallest absolute Gasteiger partial charge is 0.187 e. The van der Waals surface area contributed by atoms with Crippen molar-refractivity contribution in [2.45, 2.75) is 26.1 Å². The Labute approximate surface area is 248 Å². The molecule has 202 valence electrons. The quantitative estimate of drug-likeness (QED) is 0.199. The van der Waals surface area contributed by atoms with E-state index >= 15 is 0 Å². The molecule has 0 atom stereocenters. The summed E-state index contributed by atoms with van der Waals surface area (Å²) in [5, 5.41) is 0. The third-order valence-electron chi connectivity index (χ3n) is 6.95. The number of hydrogen-bond acceptors (Lipinski definition) is 4. The molecule has 1 aliphatic heterocycles. The number of benzene rings is 4. The van der Waals surface area contributed by atoms with Crippen molar-refractivity contribution in [2.75, 3.05) is 27.8 Å². The van der Waals surface area contributed by atoms with Gasteiger partial charge in [-0.15, -0.1) is 0 Å². The third-order valence-corrected chi connectivity index (χ3v) is 6.95. The Hall–Kier alpha value is -3.52. The van der Waals surface area contributed by atoms with Crippen LogP contribution in [0.1, 0.15) is 27.8 Å². The molecule has 0 bridgehead atoms. The van der Waals surface area contributed by atoms with Crippen LogP contribution in [0.15, 0.2) is 91.0 Å². The highest BCUT2D eigenvalue weighted by Gasteiger charge is 2.26. The van der Waals surface area contributed by atoms with E-state index in [0.717, 1.165) is 59.1 Å². The van der Waals surface area contributed by atoms with Crippen molar-refractivity contribution < 1.29 is 47.5 Å². The predicted molar refractivity (Wildman–Crippen MR) is 150 cm³/mol. The van der Waals surface area contributed by atoms with Crippen molar-refractivity contribution in [3.05, 3.63) is 119 Å². The number of likely N-dealkylation sites (N-methyl/N-ethyl adjacent to an activating group) is 1. The van der Waals surface area contributed by atoms with E-state index in [0.29, 0.717) is 13.2 Å². The van der Waals surface area contributed by atoms with Gasteiger partial charge in [0.2, 0.25) is 0 Å². The molecule has 0 fully saturated rings. The molecule has 0 aromatic heterocycles. The van der Waals surface area contributed by atoms with Crippen molar-refractivity contribution in [1.29, 1.82) is 0 Å². The van der Waals surface area contributed by atoms with Gasteiger partial charge in [-0.25, -0.2) is 4.58 Å². The minimum atomic E-state index is 0. The molecule has 0 unspecified atom stereocenters. The van der Waals surface area contributed by atoms with Crippen LogP contribution >= 0.6 is 0 Å². The van der Waals surface area contributed by atoms with Crippen LogP contribution in [-0.4, -0.2) is 38.1 Å². The topological polar surface area (TPSA) is 39.9 Å². The molecular weight excluding hydrogens is 601 g/mol. The van der Waals surface area contributed by atoms with Gasteiger partial charge in [0.25, 0.3) is 0 Å². The molecular formula is C33H34INO4. The second-order valence-electron chi connectivity index (χ2n) is 9.49. The molecule has 0 radical (unpaired) electrons. The average molecular weight is 636 g/mol. The van der Waals surface area contributed by atoms with Gasteiger partial charge in [-0.3, -0.25) is 0 Å². The van der Waals surface area contributed by atoms with Crippen LogP contribution in [0.4, 0.5) is 0 Å². The van der Waals surface area contributed by atoms with Gasteiger partial charge < -0.3 is 42.9 Å². The highest BCUT2D eigenvalue weighted by atomic mass is 127. The molecule has 39 heavy (non-hydrogen) atoms. The lowest BCUT2D eigenvalue weighted by atomic mass is 9.92. The Bertz CT molecular complexity index is 1420. The molecule has 0 aliphatic carbocycles. The summed E-state index contributed by atoms with van der Waals surface area (Å²) in [6, 6.07) is 30.8. The van der Waals surface area contributed by atoms with Gasteiger partial charge in [-0.1, -0.05) is 66.7 Å². The first-order valence-corrected chi connectivity index (χ1v) is 12.9. The van der Waals surface area contributed by atoms with Crippen LogP contribution in [0.5, 0.6) is 23.0 Å². The fraction of sp³-hybridized carbons (Fsp3) is 0.242. The van der Waals surface area contributed by atoms with Crippen molar-refractivity contribution in [3.8, 4) is 23.0 Å². The Morgan fingerprint density at radius 2 is 1.23 bits per heavy atom. The van der Waals surface area contributed by atoms with Crippen molar-refractivity contribution in [2.24, 2.45) is 0 Å². The van der Waals surface area contributed by atoms with Crippen LogP contribution in [0.25, 0.3) is 0 Å². The van der Waals surface area contributed by atoms with Gasteiger partial charge in [-0.2, -0.15) is 0 Å². The molecule has 5 nitrogen and oxygen atoms in total. The highest BCUT2D eigenvalue weighted by Crippen LogP contribution is 2.35. The van der Waals surface area contributed by atoms with Gasteiger partial charge in [0.1, 0.15) is 26.8 Å². The van der Waals surface area contributed by atoms with Gasteiger partial charge in [0.05, 0.1) is 20.6 Å². The molecule has 0 amide bonds. The molecule has 4 aromatic carbocycles. The first kappa shape index (κ1) is 28.5. The molecule has 5 rings (SSSR count). The lowest BCUT2D eigenvalue weighted by molar-refractivity contribution is -0.498. The van der Waals surface area contributed by atoms with Crippen LogP contribution in [-0.2, 0) is 26.1 Å². The molecule has 0 saturated carbocycles. The molecule has 6 heteroatoms. The standard InChI is InChI=1S/C33H34NO4.HI/c1-34-17-16-27-20-33(38-23-25-12-8-5-9-13-25)31(36-3)21-28(27)29(34)18-26-14-15-30(35-2)32(19-26)37-22-24-10-6-4-7-11-24;/h4-15,19-21H,16-18,22-23H2,1-3H3;1H/q+1;/p-1. The molecule has 0 N–H and O–H groups in total. The summed E-state index contributed by atoms with van der Waals surface area (Å²) in [5.41, 5.74) is 7.13. The SMILES string of the molecule is COc1ccc(CC2=[N+](C)CCc3cc(OCc4ccccc4)c(OC)cc32)cc1OCc1ccccc1.[I-]. The second kappa shape index (κ2) is 13.5. The number of fused-ring (bicyclic) bond motifs is 1.